The molecule has 0 aromatic heterocycles. The summed E-state index contributed by atoms with van der Waals surface area (Å²) in [5, 5.41) is 9.25. The summed E-state index contributed by atoms with van der Waals surface area (Å²) in [5.41, 5.74) is 0. The number of hydrogen-bond acceptors (Lipinski definition) is 5. The predicted octanol–water partition coefficient (Wildman–Crippen LogP) is 0.942. The Hall–Kier alpha value is 0.0169. The van der Waals surface area contributed by atoms with Crippen LogP contribution in [0.2, 0.25) is 6.04 Å². The molecule has 0 rings (SSSR count). The molecular formula is C11H26O5Si. The molecule has 0 bridgehead atoms. The van der Waals surface area contributed by atoms with E-state index in [2.05, 4.69) is 6.92 Å². The van der Waals surface area contributed by atoms with Gasteiger partial charge in [0, 0.05) is 33.9 Å². The largest absolute Gasteiger partial charge is 0.396 e. The van der Waals surface area contributed by atoms with Gasteiger partial charge in [-0.2, -0.15) is 0 Å². The second-order valence-corrected chi connectivity index (χ2v) is 7.67. The van der Waals surface area contributed by atoms with Gasteiger partial charge in [0.25, 0.3) is 0 Å². The summed E-state index contributed by atoms with van der Waals surface area (Å²) in [6.07, 6.45) is 0.828. The number of rotatable bonds is 11. The Bertz CT molecular complexity index is 167. The van der Waals surface area contributed by atoms with Crippen LogP contribution >= 0.6 is 0 Å². The van der Waals surface area contributed by atoms with E-state index in [4.69, 9.17) is 18.3 Å². The minimum atomic E-state index is -2.36. The quantitative estimate of drug-likeness (QED) is 0.445. The predicted molar refractivity (Wildman–Crippen MR) is 68.1 cm³/mol. The Labute approximate surface area is 105 Å². The normalized spacial score (nSPS) is 13.9. The average Bonchev–Trinajstić information content (AvgIpc) is 2.35. The van der Waals surface area contributed by atoms with Crippen molar-refractivity contribution >= 4 is 8.56 Å². The Kier molecular flexibility index (Phi) is 10.00. The van der Waals surface area contributed by atoms with Crippen LogP contribution in [0.25, 0.3) is 0 Å². The zero-order chi connectivity index (χ0) is 13.1. The van der Waals surface area contributed by atoms with Crippen molar-refractivity contribution in [3.05, 3.63) is 0 Å². The summed E-state index contributed by atoms with van der Waals surface area (Å²) >= 11 is 0. The lowest BCUT2D eigenvalue weighted by Gasteiger charge is -2.24. The van der Waals surface area contributed by atoms with Gasteiger partial charge in [-0.1, -0.05) is 6.92 Å². The highest BCUT2D eigenvalue weighted by Gasteiger charge is 2.34. The van der Waals surface area contributed by atoms with Crippen molar-refractivity contribution in [2.24, 2.45) is 5.92 Å². The first-order valence-corrected chi connectivity index (χ1v) is 8.15. The number of hydrogen-bond donors (Lipinski definition) is 1. The smallest absolute Gasteiger partial charge is 0.364 e. The number of aliphatic hydroxyl groups is 1. The van der Waals surface area contributed by atoms with E-state index in [0.29, 0.717) is 25.7 Å². The molecule has 0 aromatic carbocycles. The van der Waals surface area contributed by atoms with Gasteiger partial charge >= 0.3 is 8.56 Å². The van der Waals surface area contributed by atoms with E-state index in [9.17, 15) is 5.11 Å². The van der Waals surface area contributed by atoms with E-state index in [-0.39, 0.29) is 6.23 Å². The molecule has 6 heteroatoms. The van der Waals surface area contributed by atoms with Gasteiger partial charge in [-0.25, -0.2) is 0 Å². The molecule has 0 aliphatic rings. The summed E-state index contributed by atoms with van der Waals surface area (Å²) in [6.45, 7) is 4.16. The van der Waals surface area contributed by atoms with Gasteiger partial charge in [-0.3, -0.25) is 0 Å². The van der Waals surface area contributed by atoms with Crippen LogP contribution in [0.3, 0.4) is 0 Å². The molecule has 0 saturated carbocycles. The molecule has 1 N–H and O–H groups in total. The fourth-order valence-electron chi connectivity index (χ4n) is 1.56. The Morgan fingerprint density at radius 3 is 2.24 bits per heavy atom. The van der Waals surface area contributed by atoms with E-state index in [1.807, 2.05) is 0 Å². The highest BCUT2D eigenvalue weighted by atomic mass is 28.4. The monoisotopic (exact) mass is 266 g/mol. The van der Waals surface area contributed by atoms with Crippen molar-refractivity contribution in [1.29, 1.82) is 0 Å². The van der Waals surface area contributed by atoms with E-state index in [1.165, 1.54) is 0 Å². The van der Waals surface area contributed by atoms with Crippen LogP contribution in [0.1, 0.15) is 13.3 Å². The van der Waals surface area contributed by atoms with Crippen LogP contribution in [-0.2, 0) is 18.3 Å². The van der Waals surface area contributed by atoms with Crippen LogP contribution in [-0.4, -0.2) is 61.0 Å². The second kappa shape index (κ2) is 9.99. The van der Waals surface area contributed by atoms with Crippen molar-refractivity contribution in [3.63, 3.8) is 0 Å². The lowest BCUT2D eigenvalue weighted by atomic mass is 10.2. The first-order chi connectivity index (χ1) is 8.14. The molecule has 1 unspecified atom stereocenters. The molecule has 0 spiro atoms. The van der Waals surface area contributed by atoms with Crippen LogP contribution in [0, 0.1) is 5.92 Å². The van der Waals surface area contributed by atoms with Crippen LogP contribution in [0.5, 0.6) is 0 Å². The van der Waals surface area contributed by atoms with Crippen molar-refractivity contribution in [3.8, 4) is 0 Å². The molecule has 104 valence electrons. The fraction of sp³-hybridized carbons (Fsp3) is 1.00. The third-order valence-corrected chi connectivity index (χ3v) is 5.77. The highest BCUT2D eigenvalue weighted by Crippen LogP contribution is 2.13. The molecule has 1 atom stereocenters. The Balaban J connectivity index is 3.62. The fourth-order valence-corrected chi connectivity index (χ4v) is 3.23. The van der Waals surface area contributed by atoms with Crippen LogP contribution in [0.15, 0.2) is 0 Å². The van der Waals surface area contributed by atoms with E-state index in [0.717, 1.165) is 12.5 Å². The summed E-state index contributed by atoms with van der Waals surface area (Å²) < 4.78 is 21.1. The number of methoxy groups -OCH3 is 1. The molecule has 0 amide bonds. The van der Waals surface area contributed by atoms with Gasteiger partial charge in [0.1, 0.15) is 0 Å². The molecule has 0 aliphatic heterocycles. The molecule has 0 saturated heterocycles. The molecule has 0 aromatic rings. The van der Waals surface area contributed by atoms with Gasteiger partial charge in [0.15, 0.2) is 0 Å². The zero-order valence-electron chi connectivity index (χ0n) is 11.4. The molecule has 0 heterocycles. The number of aliphatic hydroxyl groups excluding tert-OH is 1. The molecule has 5 nitrogen and oxygen atoms in total. The standard InChI is InChI=1S/C11H26O5Si/c1-11(8-13-2)9-16-6-5-7-17(10-12,14-3)15-4/h11-12H,5-10H2,1-4H3. The third-order valence-electron chi connectivity index (χ3n) is 2.68. The van der Waals surface area contributed by atoms with Crippen molar-refractivity contribution < 1.29 is 23.4 Å². The van der Waals surface area contributed by atoms with Gasteiger partial charge in [-0.15, -0.1) is 0 Å². The molecule has 0 fully saturated rings. The van der Waals surface area contributed by atoms with Crippen molar-refractivity contribution in [2.45, 2.75) is 19.4 Å². The van der Waals surface area contributed by atoms with E-state index in [1.54, 1.807) is 21.3 Å². The first kappa shape index (κ1) is 17.0. The molecule has 0 aliphatic carbocycles. The molecule has 0 radical (unpaired) electrons. The first-order valence-electron chi connectivity index (χ1n) is 5.92. The van der Waals surface area contributed by atoms with Gasteiger partial charge < -0.3 is 23.4 Å². The van der Waals surface area contributed by atoms with Crippen molar-refractivity contribution in [2.75, 3.05) is 47.4 Å². The van der Waals surface area contributed by atoms with E-state index >= 15 is 0 Å². The lowest BCUT2D eigenvalue weighted by molar-refractivity contribution is 0.0637. The molecule has 17 heavy (non-hydrogen) atoms. The second-order valence-electron chi connectivity index (χ2n) is 4.22. The maximum atomic E-state index is 9.25. The minimum Gasteiger partial charge on any atom is -0.396 e. The van der Waals surface area contributed by atoms with Gasteiger partial charge in [0.05, 0.1) is 19.4 Å². The molecular weight excluding hydrogens is 240 g/mol. The van der Waals surface area contributed by atoms with Gasteiger partial charge in [-0.05, 0) is 12.5 Å². The Morgan fingerprint density at radius 1 is 1.12 bits per heavy atom. The minimum absolute atomic E-state index is 0.0138. The summed E-state index contributed by atoms with van der Waals surface area (Å²) in [4.78, 5) is 0. The van der Waals surface area contributed by atoms with Crippen LogP contribution in [0.4, 0.5) is 0 Å². The van der Waals surface area contributed by atoms with Gasteiger partial charge in [0.2, 0.25) is 0 Å². The number of ether oxygens (including phenoxy) is 2. The summed E-state index contributed by atoms with van der Waals surface area (Å²) in [6, 6.07) is 0.745. The topological polar surface area (TPSA) is 57.2 Å². The lowest BCUT2D eigenvalue weighted by Crippen LogP contribution is -2.44. The summed E-state index contributed by atoms with van der Waals surface area (Å²) in [5.74, 6) is 0.407. The maximum Gasteiger partial charge on any atom is 0.364 e. The maximum absolute atomic E-state index is 9.25. The van der Waals surface area contributed by atoms with Crippen LogP contribution < -0.4 is 0 Å². The summed E-state index contributed by atoms with van der Waals surface area (Å²) in [7, 11) is 2.51. The Morgan fingerprint density at radius 2 is 1.76 bits per heavy atom. The zero-order valence-corrected chi connectivity index (χ0v) is 12.4. The van der Waals surface area contributed by atoms with E-state index < -0.39 is 8.56 Å². The van der Waals surface area contributed by atoms with Crippen molar-refractivity contribution in [1.82, 2.24) is 0 Å². The third kappa shape index (κ3) is 7.12. The SMILES string of the molecule is COCC(C)COCCC[Si](CO)(OC)OC. The highest BCUT2D eigenvalue weighted by molar-refractivity contribution is 6.67. The average molecular weight is 266 g/mol.